The van der Waals surface area contributed by atoms with Crippen molar-refractivity contribution < 1.29 is 9.47 Å². The molecule has 0 aliphatic carbocycles. The third-order valence-corrected chi connectivity index (χ3v) is 4.59. The minimum atomic E-state index is 0.537. The highest BCUT2D eigenvalue weighted by molar-refractivity contribution is 5.60. The van der Waals surface area contributed by atoms with Gasteiger partial charge >= 0.3 is 0 Å². The fraction of sp³-hybridized carbons (Fsp3) is 0.625. The second-order valence-corrected chi connectivity index (χ2v) is 5.76. The predicted octanol–water partition coefficient (Wildman–Crippen LogP) is 2.74. The molecule has 110 valence electrons. The number of anilines is 1. The quantitative estimate of drug-likeness (QED) is 0.917. The molecule has 0 amide bonds. The zero-order valence-corrected chi connectivity index (χ0v) is 12.4. The van der Waals surface area contributed by atoms with E-state index in [2.05, 4.69) is 10.2 Å². The van der Waals surface area contributed by atoms with Gasteiger partial charge in [-0.05, 0) is 44.4 Å². The molecule has 0 aromatic heterocycles. The summed E-state index contributed by atoms with van der Waals surface area (Å²) in [5, 5.41) is 3.66. The molecule has 0 spiro atoms. The van der Waals surface area contributed by atoms with E-state index in [9.17, 15) is 0 Å². The summed E-state index contributed by atoms with van der Waals surface area (Å²) in [5.41, 5.74) is 1.04. The first-order chi connectivity index (χ1) is 9.80. The van der Waals surface area contributed by atoms with Crippen LogP contribution in [0.5, 0.6) is 11.5 Å². The second-order valence-electron chi connectivity index (χ2n) is 5.76. The third-order valence-electron chi connectivity index (χ3n) is 4.59. The van der Waals surface area contributed by atoms with Crippen molar-refractivity contribution in [2.45, 2.75) is 37.8 Å². The average Bonchev–Trinajstić information content (AvgIpc) is 2.94. The maximum atomic E-state index is 5.44. The molecule has 2 heterocycles. The Morgan fingerprint density at radius 2 is 2.05 bits per heavy atom. The second kappa shape index (κ2) is 5.92. The summed E-state index contributed by atoms with van der Waals surface area (Å²) in [7, 11) is 3.41. The normalized spacial score (nSPS) is 26.1. The molecule has 1 N–H and O–H groups in total. The summed E-state index contributed by atoms with van der Waals surface area (Å²) < 4.78 is 10.8. The molecule has 0 saturated carbocycles. The Kier molecular flexibility index (Phi) is 4.01. The summed E-state index contributed by atoms with van der Waals surface area (Å²) in [6, 6.07) is 7.24. The molecular formula is C16H24N2O2. The monoisotopic (exact) mass is 276 g/mol. The van der Waals surface area contributed by atoms with Gasteiger partial charge in [0, 0.05) is 24.7 Å². The van der Waals surface area contributed by atoms with Gasteiger partial charge in [-0.15, -0.1) is 0 Å². The van der Waals surface area contributed by atoms with E-state index in [1.807, 2.05) is 18.2 Å². The van der Waals surface area contributed by atoms with Gasteiger partial charge in [0.15, 0.2) is 0 Å². The van der Waals surface area contributed by atoms with Crippen LogP contribution in [-0.4, -0.2) is 44.3 Å². The number of nitrogens with one attached hydrogen (secondary N) is 1. The van der Waals surface area contributed by atoms with Gasteiger partial charge in [0.2, 0.25) is 0 Å². The number of benzene rings is 1. The Balaban J connectivity index is 1.70. The molecule has 2 aliphatic heterocycles. The molecule has 2 fully saturated rings. The van der Waals surface area contributed by atoms with E-state index in [-0.39, 0.29) is 0 Å². The SMILES string of the molecule is COc1ccc(OC)c(NC2CCN3CCCC3C2)c1. The van der Waals surface area contributed by atoms with Crippen molar-refractivity contribution in [1.29, 1.82) is 0 Å². The van der Waals surface area contributed by atoms with Gasteiger partial charge in [-0.1, -0.05) is 0 Å². The van der Waals surface area contributed by atoms with E-state index in [0.29, 0.717) is 6.04 Å². The molecule has 3 rings (SSSR count). The molecular weight excluding hydrogens is 252 g/mol. The molecule has 4 nitrogen and oxygen atoms in total. The van der Waals surface area contributed by atoms with Crippen LogP contribution in [0.1, 0.15) is 25.7 Å². The van der Waals surface area contributed by atoms with E-state index >= 15 is 0 Å². The molecule has 2 unspecified atom stereocenters. The first-order valence-corrected chi connectivity index (χ1v) is 7.53. The van der Waals surface area contributed by atoms with Crippen LogP contribution in [0.4, 0.5) is 5.69 Å². The molecule has 0 radical (unpaired) electrons. The lowest BCUT2D eigenvalue weighted by Gasteiger charge is -2.35. The zero-order chi connectivity index (χ0) is 13.9. The van der Waals surface area contributed by atoms with E-state index in [1.54, 1.807) is 14.2 Å². The van der Waals surface area contributed by atoms with Crippen LogP contribution in [0.25, 0.3) is 0 Å². The average molecular weight is 276 g/mol. The fourth-order valence-corrected chi connectivity index (χ4v) is 3.50. The maximum Gasteiger partial charge on any atom is 0.142 e. The summed E-state index contributed by atoms with van der Waals surface area (Å²) in [6.45, 7) is 2.51. The Morgan fingerprint density at radius 3 is 2.85 bits per heavy atom. The highest BCUT2D eigenvalue weighted by Crippen LogP contribution is 2.33. The summed E-state index contributed by atoms with van der Waals surface area (Å²) in [4.78, 5) is 2.64. The number of methoxy groups -OCH3 is 2. The Bertz CT molecular complexity index is 464. The van der Waals surface area contributed by atoms with Crippen LogP contribution in [0.2, 0.25) is 0 Å². The predicted molar refractivity (Wildman–Crippen MR) is 80.8 cm³/mol. The van der Waals surface area contributed by atoms with Crippen molar-refractivity contribution in [2.75, 3.05) is 32.6 Å². The number of fused-ring (bicyclic) bond motifs is 1. The Hall–Kier alpha value is -1.42. The first-order valence-electron chi connectivity index (χ1n) is 7.53. The highest BCUT2D eigenvalue weighted by Gasteiger charge is 2.31. The molecule has 4 heteroatoms. The standard InChI is InChI=1S/C16H24N2O2/c1-19-14-5-6-16(20-2)15(11-14)17-12-7-9-18-8-3-4-13(18)10-12/h5-6,11-13,17H,3-4,7-10H2,1-2H3. The Labute approximate surface area is 121 Å². The van der Waals surface area contributed by atoms with Crippen LogP contribution in [-0.2, 0) is 0 Å². The Morgan fingerprint density at radius 1 is 1.15 bits per heavy atom. The lowest BCUT2D eigenvalue weighted by molar-refractivity contribution is 0.188. The minimum absolute atomic E-state index is 0.537. The largest absolute Gasteiger partial charge is 0.497 e. The summed E-state index contributed by atoms with van der Waals surface area (Å²) in [5.74, 6) is 1.76. The molecule has 1 aromatic rings. The van der Waals surface area contributed by atoms with Crippen molar-refractivity contribution in [2.24, 2.45) is 0 Å². The van der Waals surface area contributed by atoms with E-state index in [4.69, 9.17) is 9.47 Å². The maximum absolute atomic E-state index is 5.44. The van der Waals surface area contributed by atoms with Crippen LogP contribution in [0.3, 0.4) is 0 Å². The van der Waals surface area contributed by atoms with Gasteiger partial charge < -0.3 is 19.7 Å². The zero-order valence-electron chi connectivity index (χ0n) is 12.4. The number of hydrogen-bond acceptors (Lipinski definition) is 4. The number of ether oxygens (including phenoxy) is 2. The summed E-state index contributed by atoms with van der Waals surface area (Å²) >= 11 is 0. The molecule has 1 aromatic carbocycles. The van der Waals surface area contributed by atoms with Crippen LogP contribution in [0.15, 0.2) is 18.2 Å². The van der Waals surface area contributed by atoms with Crippen molar-refractivity contribution in [3.63, 3.8) is 0 Å². The minimum Gasteiger partial charge on any atom is -0.497 e. The lowest BCUT2D eigenvalue weighted by Crippen LogP contribution is -2.42. The molecule has 2 atom stereocenters. The summed E-state index contributed by atoms with van der Waals surface area (Å²) in [6.07, 6.45) is 5.16. The molecule has 20 heavy (non-hydrogen) atoms. The topological polar surface area (TPSA) is 33.7 Å². The van der Waals surface area contributed by atoms with Crippen molar-refractivity contribution in [3.8, 4) is 11.5 Å². The van der Waals surface area contributed by atoms with E-state index < -0.39 is 0 Å². The molecule has 2 saturated heterocycles. The van der Waals surface area contributed by atoms with Crippen LogP contribution < -0.4 is 14.8 Å². The van der Waals surface area contributed by atoms with E-state index in [0.717, 1.165) is 23.2 Å². The molecule has 2 aliphatic rings. The van der Waals surface area contributed by atoms with Crippen molar-refractivity contribution >= 4 is 5.69 Å². The smallest absolute Gasteiger partial charge is 0.142 e. The van der Waals surface area contributed by atoms with Crippen LogP contribution in [0, 0.1) is 0 Å². The van der Waals surface area contributed by atoms with E-state index in [1.165, 1.54) is 38.8 Å². The van der Waals surface area contributed by atoms with Gasteiger partial charge in [0.1, 0.15) is 11.5 Å². The van der Waals surface area contributed by atoms with Crippen LogP contribution >= 0.6 is 0 Å². The highest BCUT2D eigenvalue weighted by atomic mass is 16.5. The third kappa shape index (κ3) is 2.70. The van der Waals surface area contributed by atoms with Gasteiger partial charge in [-0.25, -0.2) is 0 Å². The first kappa shape index (κ1) is 13.6. The van der Waals surface area contributed by atoms with Gasteiger partial charge in [-0.2, -0.15) is 0 Å². The van der Waals surface area contributed by atoms with Gasteiger partial charge in [0.25, 0.3) is 0 Å². The number of rotatable bonds is 4. The molecule has 0 bridgehead atoms. The lowest BCUT2D eigenvalue weighted by atomic mass is 9.97. The number of hydrogen-bond donors (Lipinski definition) is 1. The van der Waals surface area contributed by atoms with Crippen molar-refractivity contribution in [1.82, 2.24) is 4.90 Å². The number of piperidine rings is 1. The van der Waals surface area contributed by atoms with Gasteiger partial charge in [0.05, 0.1) is 19.9 Å². The van der Waals surface area contributed by atoms with Gasteiger partial charge in [-0.3, -0.25) is 0 Å². The fourth-order valence-electron chi connectivity index (χ4n) is 3.50. The number of nitrogens with zero attached hydrogens (tertiary/aromatic N) is 1. The van der Waals surface area contributed by atoms with Crippen molar-refractivity contribution in [3.05, 3.63) is 18.2 Å².